The van der Waals surface area contributed by atoms with Gasteiger partial charge in [0, 0.05) is 37.2 Å². The van der Waals surface area contributed by atoms with Crippen molar-refractivity contribution in [1.29, 1.82) is 0 Å². The van der Waals surface area contributed by atoms with Gasteiger partial charge in [0.25, 0.3) is 17.7 Å². The monoisotopic (exact) mass is 755 g/mol. The number of halogens is 2. The topological polar surface area (TPSA) is 197 Å². The predicted molar refractivity (Wildman–Crippen MR) is 196 cm³/mol. The fraction of sp³-hybridized carbons (Fsp3) is 0.342. The van der Waals surface area contributed by atoms with Crippen molar-refractivity contribution in [2.75, 3.05) is 22.5 Å². The molecule has 6 rings (SSSR count). The highest BCUT2D eigenvalue weighted by Gasteiger charge is 2.45. The summed E-state index contributed by atoms with van der Waals surface area (Å²) in [5.41, 5.74) is 0.487. The van der Waals surface area contributed by atoms with Crippen LogP contribution in [-0.4, -0.2) is 72.7 Å². The van der Waals surface area contributed by atoms with Gasteiger partial charge in [0.05, 0.1) is 22.4 Å². The van der Waals surface area contributed by atoms with Gasteiger partial charge in [-0.15, -0.1) is 10.2 Å². The maximum absolute atomic E-state index is 14.7. The van der Waals surface area contributed by atoms with E-state index >= 15 is 0 Å². The first kappa shape index (κ1) is 38.3. The number of hydrogen-bond acceptors (Lipinski definition) is 10. The molecule has 0 saturated carbocycles. The summed E-state index contributed by atoms with van der Waals surface area (Å²) >= 11 is 0. The number of anilines is 3. The van der Waals surface area contributed by atoms with Crippen molar-refractivity contribution < 1.29 is 37.5 Å². The average Bonchev–Trinajstić information content (AvgIpc) is 3.74. The molecule has 286 valence electrons. The van der Waals surface area contributed by atoms with Gasteiger partial charge < -0.3 is 20.5 Å². The van der Waals surface area contributed by atoms with Crippen molar-refractivity contribution in [3.63, 3.8) is 0 Å². The number of nitrogens with zero attached hydrogens (tertiary/aromatic N) is 5. The molecule has 4 heterocycles. The van der Waals surface area contributed by atoms with Crippen molar-refractivity contribution in [2.24, 2.45) is 0 Å². The van der Waals surface area contributed by atoms with E-state index in [0.29, 0.717) is 42.7 Å². The quantitative estimate of drug-likeness (QED) is 0.0920. The lowest BCUT2D eigenvalue weighted by molar-refractivity contribution is -0.136. The number of carbonyl (C=O) groups excluding carboxylic acids is 6. The maximum Gasteiger partial charge on any atom is 0.264 e. The van der Waals surface area contributed by atoms with Gasteiger partial charge in [-0.2, -0.15) is 0 Å². The van der Waals surface area contributed by atoms with Crippen molar-refractivity contribution in [1.82, 2.24) is 30.0 Å². The van der Waals surface area contributed by atoms with E-state index in [1.165, 1.54) is 12.1 Å². The van der Waals surface area contributed by atoms with Gasteiger partial charge >= 0.3 is 0 Å². The van der Waals surface area contributed by atoms with Crippen LogP contribution in [0.15, 0.2) is 54.9 Å². The minimum Gasteiger partial charge on any atom is -0.384 e. The van der Waals surface area contributed by atoms with Crippen molar-refractivity contribution in [2.45, 2.75) is 77.3 Å². The van der Waals surface area contributed by atoms with Crippen LogP contribution in [0.2, 0.25) is 0 Å². The standard InChI is InChI=1S/C38H39F2N9O6/c1-21(2)48-20-42-47-34(48)27-12-9-13-30(43-27)45-35(52)23-18-28(25(40)19-24(23)39)44-31(50)14-6-4-3-5-7-17-41-26-11-8-10-22-33(26)38(55)49(37(22)54)29-15-16-32(51)46-36(29)53/h8-13,18-21,29,41H,3-7,14-17H2,1-2H3,(H,44,50)(H,43,45,52)(H,46,51,53). The Labute approximate surface area is 314 Å². The number of rotatable bonds is 15. The van der Waals surface area contributed by atoms with Crippen LogP contribution in [0.1, 0.15) is 102 Å². The zero-order chi connectivity index (χ0) is 39.2. The smallest absolute Gasteiger partial charge is 0.264 e. The molecule has 6 amide bonds. The number of carbonyl (C=O) groups is 6. The van der Waals surface area contributed by atoms with E-state index in [2.05, 4.69) is 36.4 Å². The number of piperidine rings is 1. The highest BCUT2D eigenvalue weighted by atomic mass is 19.1. The first-order valence-electron chi connectivity index (χ1n) is 18.0. The molecule has 1 fully saturated rings. The van der Waals surface area contributed by atoms with Gasteiger partial charge in [-0.25, -0.2) is 13.8 Å². The molecule has 0 bridgehead atoms. The Balaban J connectivity index is 0.939. The molecule has 0 aliphatic carbocycles. The first-order valence-corrected chi connectivity index (χ1v) is 18.0. The lowest BCUT2D eigenvalue weighted by Crippen LogP contribution is -2.54. The number of unbranched alkanes of at least 4 members (excludes halogenated alkanes) is 4. The van der Waals surface area contributed by atoms with Gasteiger partial charge in [0.1, 0.15) is 35.5 Å². The summed E-state index contributed by atoms with van der Waals surface area (Å²) in [4.78, 5) is 81.2. The molecule has 0 spiro atoms. The molecule has 15 nitrogen and oxygen atoms in total. The molecule has 2 aliphatic rings. The third kappa shape index (κ3) is 8.55. The van der Waals surface area contributed by atoms with Crippen molar-refractivity contribution in [3.8, 4) is 11.5 Å². The number of fused-ring (bicyclic) bond motifs is 1. The normalized spacial score (nSPS) is 15.3. The third-order valence-electron chi connectivity index (χ3n) is 9.29. The minimum atomic E-state index is -1.11. The number of pyridine rings is 1. The average molecular weight is 756 g/mol. The summed E-state index contributed by atoms with van der Waals surface area (Å²) in [7, 11) is 0. The molecule has 2 aliphatic heterocycles. The van der Waals surface area contributed by atoms with E-state index in [0.717, 1.165) is 30.2 Å². The van der Waals surface area contributed by atoms with Crippen LogP contribution in [-0.2, 0) is 14.4 Å². The van der Waals surface area contributed by atoms with Crippen LogP contribution < -0.4 is 21.3 Å². The molecule has 2 aromatic carbocycles. The van der Waals surface area contributed by atoms with E-state index in [4.69, 9.17) is 0 Å². The van der Waals surface area contributed by atoms with Crippen LogP contribution in [0.3, 0.4) is 0 Å². The summed E-state index contributed by atoms with van der Waals surface area (Å²) in [5.74, 6) is -5.19. The number of hydrogen-bond donors (Lipinski definition) is 4. The van der Waals surface area contributed by atoms with Gasteiger partial charge in [-0.3, -0.25) is 39.0 Å². The van der Waals surface area contributed by atoms with Crippen LogP contribution >= 0.6 is 0 Å². The van der Waals surface area contributed by atoms with Gasteiger partial charge in [-0.05, 0) is 63.4 Å². The molecular weight excluding hydrogens is 716 g/mol. The SMILES string of the molecule is CC(C)n1cnnc1-c1cccc(NC(=O)c2cc(NC(=O)CCCCCCCNc3cccc4c3C(=O)N(C3CCC(=O)NC3=O)C4=O)c(F)cc2F)n1. The molecule has 55 heavy (non-hydrogen) atoms. The first-order chi connectivity index (χ1) is 26.4. The number of aromatic nitrogens is 4. The third-order valence-corrected chi connectivity index (χ3v) is 9.29. The second-order valence-corrected chi connectivity index (χ2v) is 13.5. The van der Waals surface area contributed by atoms with Crippen molar-refractivity contribution in [3.05, 3.63) is 83.2 Å². The lowest BCUT2D eigenvalue weighted by Gasteiger charge is -2.27. The number of benzene rings is 2. The Bertz CT molecular complexity index is 2170. The fourth-order valence-corrected chi connectivity index (χ4v) is 6.47. The Hall–Kier alpha value is -6.39. The largest absolute Gasteiger partial charge is 0.384 e. The number of amides is 6. The molecule has 0 radical (unpaired) electrons. The van der Waals surface area contributed by atoms with Gasteiger partial charge in [0.2, 0.25) is 17.7 Å². The second kappa shape index (κ2) is 16.7. The van der Waals surface area contributed by atoms with Crippen LogP contribution in [0, 0.1) is 11.6 Å². The highest BCUT2D eigenvalue weighted by Crippen LogP contribution is 2.32. The minimum absolute atomic E-state index is 0.0368. The lowest BCUT2D eigenvalue weighted by atomic mass is 10.0. The Morgan fingerprint density at radius 2 is 1.67 bits per heavy atom. The van der Waals surface area contributed by atoms with E-state index in [1.807, 2.05) is 13.8 Å². The molecule has 1 unspecified atom stereocenters. The number of imide groups is 2. The molecule has 4 aromatic rings. The molecule has 2 aromatic heterocycles. The van der Waals surface area contributed by atoms with Crippen LogP contribution in [0.25, 0.3) is 11.5 Å². The highest BCUT2D eigenvalue weighted by molar-refractivity contribution is 6.25. The predicted octanol–water partition coefficient (Wildman–Crippen LogP) is 5.24. The molecular formula is C38H39F2N9O6. The summed E-state index contributed by atoms with van der Waals surface area (Å²) in [6.07, 6.45) is 5.24. The van der Waals surface area contributed by atoms with Crippen LogP contribution in [0.4, 0.5) is 26.0 Å². The summed E-state index contributed by atoms with van der Waals surface area (Å²) in [6, 6.07) is 10.2. The zero-order valence-corrected chi connectivity index (χ0v) is 30.2. The number of nitrogens with one attached hydrogen (secondary N) is 4. The Kier molecular flexibility index (Phi) is 11.7. The maximum atomic E-state index is 14.7. The molecule has 17 heteroatoms. The molecule has 4 N–H and O–H groups in total. The Morgan fingerprint density at radius 3 is 2.45 bits per heavy atom. The van der Waals surface area contributed by atoms with E-state index in [1.54, 1.807) is 35.2 Å². The summed E-state index contributed by atoms with van der Waals surface area (Å²) in [5, 5.41) is 18.3. The van der Waals surface area contributed by atoms with Crippen LogP contribution in [0.5, 0.6) is 0 Å². The van der Waals surface area contributed by atoms with E-state index in [-0.39, 0.29) is 47.9 Å². The van der Waals surface area contributed by atoms with Gasteiger partial charge in [-0.1, -0.05) is 31.4 Å². The summed E-state index contributed by atoms with van der Waals surface area (Å²) in [6.45, 7) is 4.40. The van der Waals surface area contributed by atoms with E-state index in [9.17, 15) is 37.5 Å². The molecule has 1 saturated heterocycles. The van der Waals surface area contributed by atoms with E-state index < -0.39 is 58.7 Å². The fourth-order valence-electron chi connectivity index (χ4n) is 6.47. The second-order valence-electron chi connectivity index (χ2n) is 13.5. The van der Waals surface area contributed by atoms with Gasteiger partial charge in [0.15, 0.2) is 5.82 Å². The van der Waals surface area contributed by atoms with Crippen molar-refractivity contribution >= 4 is 52.6 Å². The zero-order valence-electron chi connectivity index (χ0n) is 30.2. The Morgan fingerprint density at radius 1 is 0.909 bits per heavy atom. The molecule has 1 atom stereocenters. The summed E-state index contributed by atoms with van der Waals surface area (Å²) < 4.78 is 31.2.